The SMILES string of the molecule is Cc1c(C(O)CN2C3COCC2CN(CC(O)c2ccc4c(c2)C[C@H](C)OC4=O)C3)ccc2c1COC2=O. The molecule has 0 aliphatic carbocycles. The number of hydrogen-bond donors (Lipinski definition) is 2. The highest BCUT2D eigenvalue weighted by atomic mass is 16.5. The van der Waals surface area contributed by atoms with Gasteiger partial charge in [0.25, 0.3) is 0 Å². The van der Waals surface area contributed by atoms with E-state index in [0.717, 1.165) is 40.9 Å². The topological polar surface area (TPSA) is 109 Å². The number of aliphatic hydroxyl groups is 2. The number of ether oxygens (including phenoxy) is 3. The molecule has 9 heteroatoms. The molecule has 2 bridgehead atoms. The number of benzene rings is 2. The third-order valence-corrected chi connectivity index (χ3v) is 8.43. The fourth-order valence-corrected chi connectivity index (χ4v) is 6.43. The summed E-state index contributed by atoms with van der Waals surface area (Å²) < 4.78 is 16.3. The van der Waals surface area contributed by atoms with Crippen LogP contribution in [-0.4, -0.2) is 89.5 Å². The summed E-state index contributed by atoms with van der Waals surface area (Å²) in [6, 6.07) is 9.30. The van der Waals surface area contributed by atoms with E-state index >= 15 is 0 Å². The molecule has 2 N–H and O–H groups in total. The van der Waals surface area contributed by atoms with Crippen LogP contribution >= 0.6 is 0 Å². The second-order valence-corrected chi connectivity index (χ2v) is 11.0. The zero-order valence-electron chi connectivity index (χ0n) is 21.8. The van der Waals surface area contributed by atoms with Gasteiger partial charge in [-0.2, -0.15) is 0 Å². The van der Waals surface area contributed by atoms with Crippen molar-refractivity contribution >= 4 is 11.9 Å². The first-order valence-electron chi connectivity index (χ1n) is 13.3. The van der Waals surface area contributed by atoms with E-state index in [4.69, 9.17) is 14.2 Å². The van der Waals surface area contributed by atoms with E-state index in [0.29, 0.717) is 43.9 Å². The molecule has 0 saturated carbocycles. The number of esters is 2. The minimum absolute atomic E-state index is 0.100. The van der Waals surface area contributed by atoms with Gasteiger partial charge in [0.15, 0.2) is 0 Å². The first kappa shape index (κ1) is 25.5. The summed E-state index contributed by atoms with van der Waals surface area (Å²) in [6.45, 7) is 7.62. The summed E-state index contributed by atoms with van der Waals surface area (Å²) in [7, 11) is 0. The van der Waals surface area contributed by atoms with E-state index in [9.17, 15) is 19.8 Å². The highest BCUT2D eigenvalue weighted by Crippen LogP contribution is 2.32. The van der Waals surface area contributed by atoms with Gasteiger partial charge in [0.1, 0.15) is 12.7 Å². The van der Waals surface area contributed by atoms with Gasteiger partial charge in [-0.25, -0.2) is 9.59 Å². The van der Waals surface area contributed by atoms with Crippen molar-refractivity contribution in [3.05, 3.63) is 69.3 Å². The van der Waals surface area contributed by atoms with E-state index in [-0.39, 0.29) is 36.7 Å². The van der Waals surface area contributed by atoms with E-state index in [1.165, 1.54) is 0 Å². The average molecular weight is 523 g/mol. The molecule has 0 radical (unpaired) electrons. The summed E-state index contributed by atoms with van der Waals surface area (Å²) >= 11 is 0. The van der Waals surface area contributed by atoms with Crippen molar-refractivity contribution in [1.82, 2.24) is 9.80 Å². The largest absolute Gasteiger partial charge is 0.459 e. The van der Waals surface area contributed by atoms with Gasteiger partial charge in [-0.3, -0.25) is 9.80 Å². The maximum Gasteiger partial charge on any atom is 0.338 e. The van der Waals surface area contributed by atoms with Crippen LogP contribution in [0.2, 0.25) is 0 Å². The fourth-order valence-electron chi connectivity index (χ4n) is 6.43. The van der Waals surface area contributed by atoms with Crippen molar-refractivity contribution < 1.29 is 34.0 Å². The first-order chi connectivity index (χ1) is 18.3. The third kappa shape index (κ3) is 4.63. The number of β-amino-alcohol motifs (C(OH)–C–C–N with tert-alkyl or cyclic N) is 1. The molecule has 0 spiro atoms. The lowest BCUT2D eigenvalue weighted by Crippen LogP contribution is -2.65. The van der Waals surface area contributed by atoms with Crippen LogP contribution in [-0.2, 0) is 27.2 Å². The van der Waals surface area contributed by atoms with Gasteiger partial charge >= 0.3 is 11.9 Å². The molecule has 2 saturated heterocycles. The number of cyclic esters (lactones) is 2. The number of aliphatic hydroxyl groups excluding tert-OH is 2. The van der Waals surface area contributed by atoms with Crippen molar-refractivity contribution in [2.45, 2.75) is 57.3 Å². The Balaban J connectivity index is 1.12. The molecule has 0 aromatic heterocycles. The normalized spacial score (nSPS) is 26.8. The Bertz CT molecular complexity index is 1250. The summed E-state index contributed by atoms with van der Waals surface area (Å²) in [5.41, 5.74) is 5.50. The maximum atomic E-state index is 12.1. The van der Waals surface area contributed by atoms with Crippen LogP contribution in [0, 0.1) is 6.92 Å². The molecule has 2 aromatic rings. The molecule has 202 valence electrons. The lowest BCUT2D eigenvalue weighted by Gasteiger charge is -2.50. The molecule has 6 rings (SSSR count). The van der Waals surface area contributed by atoms with Crippen LogP contribution < -0.4 is 0 Å². The number of rotatable bonds is 6. The van der Waals surface area contributed by atoms with Crippen molar-refractivity contribution in [2.24, 2.45) is 0 Å². The number of carbonyl (C=O) groups is 2. The van der Waals surface area contributed by atoms with Gasteiger partial charge in [0.2, 0.25) is 0 Å². The molecule has 4 heterocycles. The molecule has 2 fully saturated rings. The van der Waals surface area contributed by atoms with Gasteiger partial charge in [0.05, 0.1) is 36.5 Å². The highest BCUT2D eigenvalue weighted by Gasteiger charge is 2.40. The lowest BCUT2D eigenvalue weighted by atomic mass is 9.93. The molecule has 2 aromatic carbocycles. The molecule has 4 aliphatic heterocycles. The number of fused-ring (bicyclic) bond motifs is 4. The van der Waals surface area contributed by atoms with E-state index in [1.54, 1.807) is 12.1 Å². The number of carbonyl (C=O) groups excluding carboxylic acids is 2. The van der Waals surface area contributed by atoms with Crippen molar-refractivity contribution in [1.29, 1.82) is 0 Å². The van der Waals surface area contributed by atoms with Crippen molar-refractivity contribution in [3.8, 4) is 0 Å². The van der Waals surface area contributed by atoms with Crippen LogP contribution in [0.4, 0.5) is 0 Å². The molecule has 4 aliphatic rings. The van der Waals surface area contributed by atoms with Crippen molar-refractivity contribution in [2.75, 3.05) is 39.4 Å². The number of piperazine rings is 1. The van der Waals surface area contributed by atoms with Gasteiger partial charge in [-0.15, -0.1) is 0 Å². The van der Waals surface area contributed by atoms with Crippen LogP contribution in [0.3, 0.4) is 0 Å². The zero-order valence-corrected chi connectivity index (χ0v) is 21.8. The van der Waals surface area contributed by atoms with Gasteiger partial charge in [-0.1, -0.05) is 18.2 Å². The Kier molecular flexibility index (Phi) is 6.74. The monoisotopic (exact) mass is 522 g/mol. The summed E-state index contributed by atoms with van der Waals surface area (Å²) in [4.78, 5) is 28.6. The molecule has 4 unspecified atom stereocenters. The highest BCUT2D eigenvalue weighted by molar-refractivity contribution is 5.94. The Hall–Kier alpha value is -2.82. The summed E-state index contributed by atoms with van der Waals surface area (Å²) in [5.74, 6) is -0.607. The molecular formula is C29H34N2O7. The molecule has 9 nitrogen and oxygen atoms in total. The summed E-state index contributed by atoms with van der Waals surface area (Å²) in [5, 5.41) is 22.3. The first-order valence-corrected chi connectivity index (χ1v) is 13.3. The van der Waals surface area contributed by atoms with E-state index < -0.39 is 12.2 Å². The number of morpholine rings is 1. The Morgan fingerprint density at radius 3 is 2.47 bits per heavy atom. The second-order valence-electron chi connectivity index (χ2n) is 11.0. The summed E-state index contributed by atoms with van der Waals surface area (Å²) in [6.07, 6.45) is -0.884. The van der Waals surface area contributed by atoms with Gasteiger partial charge in [-0.05, 0) is 48.2 Å². The Labute approximate surface area is 221 Å². The Morgan fingerprint density at radius 2 is 1.71 bits per heavy atom. The van der Waals surface area contributed by atoms with Crippen LogP contribution in [0.5, 0.6) is 0 Å². The van der Waals surface area contributed by atoms with Crippen molar-refractivity contribution in [3.63, 3.8) is 0 Å². The lowest BCUT2D eigenvalue weighted by molar-refractivity contribution is -0.113. The average Bonchev–Trinajstić information content (AvgIpc) is 3.25. The molecule has 0 amide bonds. The smallest absolute Gasteiger partial charge is 0.338 e. The predicted octanol–water partition coefficient (Wildman–Crippen LogP) is 1.92. The standard InChI is InChI=1S/C29H34N2O7/c1-16-7-19-8-18(3-4-23(19)29(35)38-16)26(32)11-30-9-20-13-36-14-21(10-30)31(20)12-27(33)22-5-6-24-25(17(22)2)15-37-28(24)34/h3-6,8,16,20-21,26-27,32-33H,7,9-15H2,1-2H3/t16-,20?,21?,26?,27?/m0/s1. The number of hydrogen-bond acceptors (Lipinski definition) is 9. The predicted molar refractivity (Wildman–Crippen MR) is 137 cm³/mol. The van der Waals surface area contributed by atoms with Crippen LogP contribution in [0.1, 0.15) is 67.7 Å². The molecular weight excluding hydrogens is 488 g/mol. The van der Waals surface area contributed by atoms with E-state index in [2.05, 4.69) is 9.80 Å². The Morgan fingerprint density at radius 1 is 0.974 bits per heavy atom. The minimum Gasteiger partial charge on any atom is -0.459 e. The minimum atomic E-state index is -0.694. The maximum absolute atomic E-state index is 12.1. The molecule has 38 heavy (non-hydrogen) atoms. The third-order valence-electron chi connectivity index (χ3n) is 8.43. The van der Waals surface area contributed by atoms with Gasteiger partial charge < -0.3 is 24.4 Å². The number of nitrogens with zero attached hydrogens (tertiary/aromatic N) is 2. The molecule has 5 atom stereocenters. The van der Waals surface area contributed by atoms with E-state index in [1.807, 2.05) is 32.0 Å². The second kappa shape index (κ2) is 10.1. The quantitative estimate of drug-likeness (QED) is 0.550. The van der Waals surface area contributed by atoms with Gasteiger partial charge in [0, 0.05) is 50.2 Å². The van der Waals surface area contributed by atoms with Crippen LogP contribution in [0.15, 0.2) is 30.3 Å². The zero-order chi connectivity index (χ0) is 26.6. The fraction of sp³-hybridized carbons (Fsp3) is 0.517. The van der Waals surface area contributed by atoms with Crippen LogP contribution in [0.25, 0.3) is 0 Å².